The molecule has 0 amide bonds. The highest BCUT2D eigenvalue weighted by Gasteiger charge is 2.05. The van der Waals surface area contributed by atoms with Crippen molar-refractivity contribution in [1.82, 2.24) is 4.98 Å². The zero-order valence-corrected chi connectivity index (χ0v) is 10.3. The van der Waals surface area contributed by atoms with E-state index in [1.54, 1.807) is 12.1 Å². The number of hydrogen-bond donors (Lipinski definition) is 0. The minimum Gasteiger partial charge on any atom is -0.487 e. The Hall–Kier alpha value is -2.43. The summed E-state index contributed by atoms with van der Waals surface area (Å²) in [4.78, 5) is 15.3. The molecule has 1 aromatic carbocycles. The Morgan fingerprint density at radius 3 is 2.53 bits per heavy atom. The summed E-state index contributed by atoms with van der Waals surface area (Å²) in [5, 5.41) is 0. The van der Waals surface area contributed by atoms with Crippen molar-refractivity contribution in [3.63, 3.8) is 0 Å². The van der Waals surface area contributed by atoms with Gasteiger partial charge in [0.15, 0.2) is 0 Å². The molecule has 0 fully saturated rings. The largest absolute Gasteiger partial charge is 0.487 e. The van der Waals surface area contributed by atoms with Gasteiger partial charge in [0.05, 0.1) is 18.4 Å². The summed E-state index contributed by atoms with van der Waals surface area (Å²) in [7, 11) is 1.31. The molecular weight excluding hydrogens is 249 g/mol. The van der Waals surface area contributed by atoms with Gasteiger partial charge in [0, 0.05) is 6.20 Å². The number of esters is 1. The van der Waals surface area contributed by atoms with Crippen LogP contribution in [0.5, 0.6) is 5.75 Å². The van der Waals surface area contributed by atoms with E-state index >= 15 is 0 Å². The number of benzene rings is 1. The number of rotatable bonds is 4. The van der Waals surface area contributed by atoms with E-state index in [4.69, 9.17) is 4.74 Å². The van der Waals surface area contributed by atoms with Crippen LogP contribution in [-0.4, -0.2) is 18.1 Å². The van der Waals surface area contributed by atoms with Gasteiger partial charge in [-0.1, -0.05) is 0 Å². The van der Waals surface area contributed by atoms with Crippen molar-refractivity contribution in [2.24, 2.45) is 0 Å². The van der Waals surface area contributed by atoms with Gasteiger partial charge in [-0.05, 0) is 36.4 Å². The Morgan fingerprint density at radius 1 is 1.21 bits per heavy atom. The predicted octanol–water partition coefficient (Wildman–Crippen LogP) is 2.59. The fourth-order valence-electron chi connectivity index (χ4n) is 1.44. The molecule has 0 saturated heterocycles. The Balaban J connectivity index is 1.96. The molecule has 2 rings (SSSR count). The average molecular weight is 261 g/mol. The zero-order chi connectivity index (χ0) is 13.7. The van der Waals surface area contributed by atoms with Gasteiger partial charge in [-0.25, -0.2) is 9.18 Å². The van der Waals surface area contributed by atoms with Crippen molar-refractivity contribution in [3.8, 4) is 5.75 Å². The first-order valence-corrected chi connectivity index (χ1v) is 5.60. The topological polar surface area (TPSA) is 48.4 Å². The molecule has 1 aromatic heterocycles. The highest BCUT2D eigenvalue weighted by atomic mass is 19.1. The molecule has 0 bridgehead atoms. The van der Waals surface area contributed by atoms with E-state index in [1.807, 2.05) is 0 Å². The Morgan fingerprint density at radius 2 is 1.95 bits per heavy atom. The first-order chi connectivity index (χ1) is 9.19. The lowest BCUT2D eigenvalue weighted by atomic mass is 10.2. The summed E-state index contributed by atoms with van der Waals surface area (Å²) in [6.45, 7) is 0.243. The molecule has 0 atom stereocenters. The Bertz CT molecular complexity index is 552. The van der Waals surface area contributed by atoms with Gasteiger partial charge in [-0.15, -0.1) is 0 Å². The maximum absolute atomic E-state index is 12.7. The zero-order valence-electron chi connectivity index (χ0n) is 10.3. The van der Waals surface area contributed by atoms with E-state index in [0.29, 0.717) is 17.0 Å². The molecule has 98 valence electrons. The maximum Gasteiger partial charge on any atom is 0.339 e. The monoisotopic (exact) mass is 261 g/mol. The fourth-order valence-corrected chi connectivity index (χ4v) is 1.44. The van der Waals surface area contributed by atoms with E-state index in [1.165, 1.54) is 37.6 Å². The van der Waals surface area contributed by atoms with Crippen molar-refractivity contribution in [1.29, 1.82) is 0 Å². The summed E-state index contributed by atoms with van der Waals surface area (Å²) in [6.07, 6.45) is 1.43. The van der Waals surface area contributed by atoms with Crippen LogP contribution in [0.4, 0.5) is 4.39 Å². The molecule has 0 aliphatic rings. The van der Waals surface area contributed by atoms with Gasteiger partial charge in [0.2, 0.25) is 0 Å². The molecule has 19 heavy (non-hydrogen) atoms. The third-order valence-electron chi connectivity index (χ3n) is 2.45. The van der Waals surface area contributed by atoms with Crippen LogP contribution in [-0.2, 0) is 11.3 Å². The minimum atomic E-state index is -0.432. The molecule has 2 aromatic rings. The van der Waals surface area contributed by atoms with Crippen molar-refractivity contribution < 1.29 is 18.7 Å². The van der Waals surface area contributed by atoms with Crippen LogP contribution < -0.4 is 4.74 Å². The molecule has 0 aliphatic heterocycles. The SMILES string of the molecule is COC(=O)c1ccc(COc2ccc(F)cc2)nc1. The van der Waals surface area contributed by atoms with Crippen LogP contribution in [0, 0.1) is 5.82 Å². The number of methoxy groups -OCH3 is 1. The molecule has 0 saturated carbocycles. The second kappa shape index (κ2) is 5.95. The number of ether oxygens (including phenoxy) is 2. The van der Waals surface area contributed by atoms with Crippen LogP contribution in [0.15, 0.2) is 42.6 Å². The van der Waals surface area contributed by atoms with Crippen LogP contribution in [0.25, 0.3) is 0 Å². The molecule has 0 radical (unpaired) electrons. The molecule has 5 heteroatoms. The minimum absolute atomic E-state index is 0.243. The lowest BCUT2D eigenvalue weighted by molar-refractivity contribution is 0.0600. The van der Waals surface area contributed by atoms with Gasteiger partial charge in [-0.3, -0.25) is 4.98 Å². The first kappa shape index (κ1) is 13.0. The lowest BCUT2D eigenvalue weighted by Crippen LogP contribution is -2.04. The Kier molecular flexibility index (Phi) is 4.07. The summed E-state index contributed by atoms with van der Waals surface area (Å²) in [5.74, 6) is -0.188. The second-order valence-corrected chi connectivity index (χ2v) is 3.77. The summed E-state index contributed by atoms with van der Waals surface area (Å²) < 4.78 is 22.7. The van der Waals surface area contributed by atoms with E-state index < -0.39 is 5.97 Å². The fraction of sp³-hybridized carbons (Fsp3) is 0.143. The highest BCUT2D eigenvalue weighted by molar-refractivity contribution is 5.88. The van der Waals surface area contributed by atoms with E-state index in [-0.39, 0.29) is 12.4 Å². The number of carbonyl (C=O) groups is 1. The van der Waals surface area contributed by atoms with Crippen LogP contribution >= 0.6 is 0 Å². The molecule has 1 heterocycles. The predicted molar refractivity (Wildman–Crippen MR) is 66.3 cm³/mol. The Labute approximate surface area is 109 Å². The van der Waals surface area contributed by atoms with E-state index in [2.05, 4.69) is 9.72 Å². The molecule has 0 spiro atoms. The summed E-state index contributed by atoms with van der Waals surface area (Å²) >= 11 is 0. The molecule has 0 unspecified atom stereocenters. The molecule has 0 aliphatic carbocycles. The smallest absolute Gasteiger partial charge is 0.339 e. The summed E-state index contributed by atoms with van der Waals surface area (Å²) in [6, 6.07) is 9.01. The normalized spacial score (nSPS) is 10.0. The van der Waals surface area contributed by atoms with Crippen molar-refractivity contribution in [3.05, 3.63) is 59.7 Å². The number of halogens is 1. The lowest BCUT2D eigenvalue weighted by Gasteiger charge is -2.06. The van der Waals surface area contributed by atoms with E-state index in [9.17, 15) is 9.18 Å². The van der Waals surface area contributed by atoms with Crippen LogP contribution in [0.2, 0.25) is 0 Å². The number of carbonyl (C=O) groups excluding carboxylic acids is 1. The average Bonchev–Trinajstić information content (AvgIpc) is 2.46. The van der Waals surface area contributed by atoms with Crippen LogP contribution in [0.1, 0.15) is 16.1 Å². The number of hydrogen-bond acceptors (Lipinski definition) is 4. The molecule has 4 nitrogen and oxygen atoms in total. The van der Waals surface area contributed by atoms with E-state index in [0.717, 1.165) is 0 Å². The van der Waals surface area contributed by atoms with Gasteiger partial charge >= 0.3 is 5.97 Å². The molecular formula is C14H12FNO3. The number of nitrogens with zero attached hydrogens (tertiary/aromatic N) is 1. The third kappa shape index (κ3) is 3.51. The highest BCUT2D eigenvalue weighted by Crippen LogP contribution is 2.13. The number of pyridine rings is 1. The van der Waals surface area contributed by atoms with Crippen molar-refractivity contribution in [2.45, 2.75) is 6.61 Å². The maximum atomic E-state index is 12.7. The van der Waals surface area contributed by atoms with Crippen LogP contribution in [0.3, 0.4) is 0 Å². The van der Waals surface area contributed by atoms with Crippen molar-refractivity contribution >= 4 is 5.97 Å². The standard InChI is InChI=1S/C14H12FNO3/c1-18-14(17)10-2-5-12(16-8-10)9-19-13-6-3-11(15)4-7-13/h2-8H,9H2,1H3. The quantitative estimate of drug-likeness (QED) is 0.794. The first-order valence-electron chi connectivity index (χ1n) is 5.60. The summed E-state index contributed by atoms with van der Waals surface area (Å²) in [5.41, 5.74) is 1.05. The van der Waals surface area contributed by atoms with Gasteiger partial charge in [-0.2, -0.15) is 0 Å². The number of aromatic nitrogens is 1. The van der Waals surface area contributed by atoms with Gasteiger partial charge in [0.25, 0.3) is 0 Å². The third-order valence-corrected chi connectivity index (χ3v) is 2.45. The molecule has 0 N–H and O–H groups in total. The second-order valence-electron chi connectivity index (χ2n) is 3.77. The van der Waals surface area contributed by atoms with Gasteiger partial charge < -0.3 is 9.47 Å². The van der Waals surface area contributed by atoms with Crippen molar-refractivity contribution in [2.75, 3.05) is 7.11 Å². The van der Waals surface area contributed by atoms with Gasteiger partial charge in [0.1, 0.15) is 18.2 Å².